The van der Waals surface area contributed by atoms with Crippen LogP contribution in [0.15, 0.2) is 41.3 Å². The zero-order chi connectivity index (χ0) is 14.7. The minimum atomic E-state index is -0.303. The summed E-state index contributed by atoms with van der Waals surface area (Å²) in [5.74, 6) is -0.303. The molecule has 0 aliphatic carbocycles. The Kier molecular flexibility index (Phi) is 3.89. The number of aromatic nitrogens is 1. The molecule has 104 valence electrons. The molecule has 0 radical (unpaired) electrons. The van der Waals surface area contributed by atoms with Gasteiger partial charge in [0.2, 0.25) is 0 Å². The van der Waals surface area contributed by atoms with Gasteiger partial charge >= 0.3 is 0 Å². The molecular weight excluding hydrogens is 254 g/mol. The Hall–Kier alpha value is -2.56. The number of rotatable bonds is 3. The molecule has 3 N–H and O–H groups in total. The van der Waals surface area contributed by atoms with Gasteiger partial charge in [0.05, 0.1) is 0 Å². The number of benzene rings is 1. The number of aryl methyl sites for hydroxylation is 1. The van der Waals surface area contributed by atoms with Crippen LogP contribution in [0.5, 0.6) is 0 Å². The second kappa shape index (κ2) is 5.61. The lowest BCUT2D eigenvalue weighted by Crippen LogP contribution is -2.30. The fourth-order valence-electron chi connectivity index (χ4n) is 1.91. The highest BCUT2D eigenvalue weighted by molar-refractivity contribution is 5.93. The zero-order valence-electron chi connectivity index (χ0n) is 11.5. The van der Waals surface area contributed by atoms with Crippen molar-refractivity contribution < 1.29 is 4.79 Å². The van der Waals surface area contributed by atoms with Crippen LogP contribution in [-0.2, 0) is 6.54 Å². The Labute approximate surface area is 117 Å². The first-order valence-corrected chi connectivity index (χ1v) is 6.26. The first-order chi connectivity index (χ1) is 9.47. The highest BCUT2D eigenvalue weighted by Gasteiger charge is 2.15. The number of hydrogen-bond acceptors (Lipinski definition) is 3. The molecule has 0 spiro atoms. The Morgan fingerprint density at radius 2 is 1.95 bits per heavy atom. The summed E-state index contributed by atoms with van der Waals surface area (Å²) in [6.07, 6.45) is 1.46. The minimum absolute atomic E-state index is 0.147. The van der Waals surface area contributed by atoms with Crippen LogP contribution in [0.3, 0.4) is 0 Å². The van der Waals surface area contributed by atoms with Crippen LogP contribution < -0.4 is 11.2 Å². The lowest BCUT2D eigenvalue weighted by molar-refractivity contribution is 0.0783. The predicted molar refractivity (Wildman–Crippen MR) is 78.5 cm³/mol. The van der Waals surface area contributed by atoms with Crippen LogP contribution in [0.4, 0.5) is 5.69 Å². The van der Waals surface area contributed by atoms with Crippen molar-refractivity contribution in [3.63, 3.8) is 0 Å². The summed E-state index contributed by atoms with van der Waals surface area (Å²) in [4.78, 5) is 28.4. The molecule has 0 atom stereocenters. The maximum Gasteiger partial charge on any atom is 0.259 e. The number of aromatic amines is 1. The van der Waals surface area contributed by atoms with E-state index in [1.54, 1.807) is 26.1 Å². The van der Waals surface area contributed by atoms with E-state index in [0.29, 0.717) is 12.2 Å². The third-order valence-electron chi connectivity index (χ3n) is 3.03. The van der Waals surface area contributed by atoms with E-state index in [9.17, 15) is 9.59 Å². The van der Waals surface area contributed by atoms with Crippen molar-refractivity contribution in [2.75, 3.05) is 12.8 Å². The van der Waals surface area contributed by atoms with E-state index < -0.39 is 0 Å². The summed E-state index contributed by atoms with van der Waals surface area (Å²) in [5.41, 5.74) is 7.86. The number of hydrogen-bond donors (Lipinski definition) is 2. The molecule has 5 heteroatoms. The van der Waals surface area contributed by atoms with Crippen molar-refractivity contribution in [1.82, 2.24) is 9.88 Å². The summed E-state index contributed by atoms with van der Waals surface area (Å²) < 4.78 is 0. The number of amides is 1. The van der Waals surface area contributed by atoms with E-state index in [1.807, 2.05) is 12.1 Å². The number of carbonyl (C=O) groups excluding carboxylic acids is 1. The molecule has 20 heavy (non-hydrogen) atoms. The van der Waals surface area contributed by atoms with Crippen LogP contribution in [0, 0.1) is 6.92 Å². The molecule has 0 aliphatic rings. The first-order valence-electron chi connectivity index (χ1n) is 6.26. The normalized spacial score (nSPS) is 10.3. The number of pyridine rings is 1. The van der Waals surface area contributed by atoms with Gasteiger partial charge < -0.3 is 15.6 Å². The Bertz CT molecular complexity index is 674. The molecule has 1 heterocycles. The second-order valence-corrected chi connectivity index (χ2v) is 4.80. The number of carbonyl (C=O) groups is 1. The van der Waals surface area contributed by atoms with E-state index in [-0.39, 0.29) is 16.9 Å². The molecule has 0 bridgehead atoms. The third kappa shape index (κ3) is 3.06. The SMILES string of the molecule is Cc1cc(=O)c(C(=O)N(C)Cc2ccc(N)cc2)c[nH]1. The molecule has 2 rings (SSSR count). The summed E-state index contributed by atoms with van der Waals surface area (Å²) in [5, 5.41) is 0. The highest BCUT2D eigenvalue weighted by Crippen LogP contribution is 2.09. The molecule has 2 aromatic rings. The number of nitrogens with two attached hydrogens (primary N) is 1. The largest absolute Gasteiger partial charge is 0.399 e. The first kappa shape index (κ1) is 13.9. The maximum atomic E-state index is 12.2. The summed E-state index contributed by atoms with van der Waals surface area (Å²) in [7, 11) is 1.66. The molecule has 0 fully saturated rings. The average Bonchev–Trinajstić information content (AvgIpc) is 2.40. The fourth-order valence-corrected chi connectivity index (χ4v) is 1.91. The third-order valence-corrected chi connectivity index (χ3v) is 3.03. The monoisotopic (exact) mass is 271 g/mol. The van der Waals surface area contributed by atoms with Crippen LogP contribution in [0.25, 0.3) is 0 Å². The number of nitrogens with zero attached hydrogens (tertiary/aromatic N) is 1. The Balaban J connectivity index is 2.16. The minimum Gasteiger partial charge on any atom is -0.399 e. The predicted octanol–water partition coefficient (Wildman–Crippen LogP) is 1.54. The van der Waals surface area contributed by atoms with Gasteiger partial charge in [0.25, 0.3) is 5.91 Å². The van der Waals surface area contributed by atoms with E-state index in [1.165, 1.54) is 17.2 Å². The van der Waals surface area contributed by atoms with Crippen LogP contribution in [-0.4, -0.2) is 22.8 Å². The van der Waals surface area contributed by atoms with Gasteiger partial charge in [-0.2, -0.15) is 0 Å². The second-order valence-electron chi connectivity index (χ2n) is 4.80. The lowest BCUT2D eigenvalue weighted by Gasteiger charge is -2.17. The molecule has 1 aromatic heterocycles. The van der Waals surface area contributed by atoms with Gasteiger partial charge in [-0.3, -0.25) is 9.59 Å². The molecule has 0 aliphatic heterocycles. The van der Waals surface area contributed by atoms with Crippen molar-refractivity contribution in [2.24, 2.45) is 0 Å². The van der Waals surface area contributed by atoms with E-state index >= 15 is 0 Å². The number of anilines is 1. The Morgan fingerprint density at radius 1 is 1.30 bits per heavy atom. The lowest BCUT2D eigenvalue weighted by atomic mass is 10.1. The maximum absolute atomic E-state index is 12.2. The van der Waals surface area contributed by atoms with Crippen LogP contribution in [0.2, 0.25) is 0 Å². The van der Waals surface area contributed by atoms with E-state index in [0.717, 1.165) is 11.3 Å². The van der Waals surface area contributed by atoms with Gasteiger partial charge in [0, 0.05) is 37.2 Å². The summed E-state index contributed by atoms with van der Waals surface area (Å²) in [6, 6.07) is 8.71. The van der Waals surface area contributed by atoms with E-state index in [2.05, 4.69) is 4.98 Å². The molecule has 5 nitrogen and oxygen atoms in total. The van der Waals surface area contributed by atoms with Gasteiger partial charge in [-0.25, -0.2) is 0 Å². The van der Waals surface area contributed by atoms with E-state index in [4.69, 9.17) is 5.73 Å². The van der Waals surface area contributed by atoms with Gasteiger partial charge in [0.15, 0.2) is 5.43 Å². The smallest absolute Gasteiger partial charge is 0.259 e. The topological polar surface area (TPSA) is 79.2 Å². The Morgan fingerprint density at radius 3 is 2.55 bits per heavy atom. The zero-order valence-corrected chi connectivity index (χ0v) is 11.5. The van der Waals surface area contributed by atoms with Crippen molar-refractivity contribution in [2.45, 2.75) is 13.5 Å². The van der Waals surface area contributed by atoms with Gasteiger partial charge in [-0.1, -0.05) is 12.1 Å². The summed E-state index contributed by atoms with van der Waals surface area (Å²) >= 11 is 0. The highest BCUT2D eigenvalue weighted by atomic mass is 16.2. The number of H-pyrrole nitrogens is 1. The molecule has 0 saturated heterocycles. The molecular formula is C15H17N3O2. The van der Waals surface area contributed by atoms with Gasteiger partial charge in [-0.05, 0) is 24.6 Å². The fraction of sp³-hybridized carbons (Fsp3) is 0.200. The molecule has 0 saturated carbocycles. The molecule has 0 unspecified atom stereocenters. The number of nitrogen functional groups attached to an aromatic ring is 1. The van der Waals surface area contributed by atoms with Crippen molar-refractivity contribution in [1.29, 1.82) is 0 Å². The van der Waals surface area contributed by atoms with Crippen molar-refractivity contribution in [3.8, 4) is 0 Å². The van der Waals surface area contributed by atoms with Crippen molar-refractivity contribution in [3.05, 3.63) is 63.6 Å². The van der Waals surface area contributed by atoms with Gasteiger partial charge in [0.1, 0.15) is 5.56 Å². The summed E-state index contributed by atoms with van der Waals surface area (Å²) in [6.45, 7) is 2.19. The molecule has 1 aromatic carbocycles. The van der Waals surface area contributed by atoms with Crippen LogP contribution >= 0.6 is 0 Å². The van der Waals surface area contributed by atoms with Crippen LogP contribution in [0.1, 0.15) is 21.6 Å². The average molecular weight is 271 g/mol. The standard InChI is InChI=1S/C15H17N3O2/c1-10-7-14(19)13(8-17-10)15(20)18(2)9-11-3-5-12(16)6-4-11/h3-8H,9,16H2,1-2H3,(H,17,19). The number of nitrogens with one attached hydrogen (secondary N) is 1. The van der Waals surface area contributed by atoms with Crippen molar-refractivity contribution >= 4 is 11.6 Å². The quantitative estimate of drug-likeness (QED) is 0.831. The van der Waals surface area contributed by atoms with Gasteiger partial charge in [-0.15, -0.1) is 0 Å². The molecule has 1 amide bonds.